The van der Waals surface area contributed by atoms with Crippen LogP contribution in [0.4, 0.5) is 4.39 Å². The summed E-state index contributed by atoms with van der Waals surface area (Å²) in [5.74, 6) is -0.116. The fourth-order valence-corrected chi connectivity index (χ4v) is 4.87. The molecule has 1 atom stereocenters. The Morgan fingerprint density at radius 2 is 1.80 bits per heavy atom. The molecule has 1 unspecified atom stereocenters. The second-order valence-corrected chi connectivity index (χ2v) is 7.36. The Kier molecular flexibility index (Phi) is 3.31. The van der Waals surface area contributed by atoms with Gasteiger partial charge in [-0.3, -0.25) is 0 Å². The van der Waals surface area contributed by atoms with Gasteiger partial charge in [0.15, 0.2) is 0 Å². The Morgan fingerprint density at radius 1 is 0.920 bits per heavy atom. The molecule has 0 heterocycles. The molecule has 0 fully saturated rings. The number of fused-ring (bicyclic) bond motifs is 4. The van der Waals surface area contributed by atoms with Crippen LogP contribution in [0.25, 0.3) is 11.6 Å². The molecule has 124 valence electrons. The van der Waals surface area contributed by atoms with Crippen molar-refractivity contribution in [2.75, 3.05) is 0 Å². The topological polar surface area (TPSA) is 0 Å². The van der Waals surface area contributed by atoms with E-state index in [0.717, 1.165) is 12.0 Å². The maximum atomic E-state index is 14.7. The first-order chi connectivity index (χ1) is 12.3. The molecule has 25 heavy (non-hydrogen) atoms. The first-order valence-corrected chi connectivity index (χ1v) is 9.26. The van der Waals surface area contributed by atoms with Crippen LogP contribution in [0.3, 0.4) is 0 Å². The molecule has 2 aromatic rings. The van der Waals surface area contributed by atoms with E-state index in [1.807, 2.05) is 12.1 Å². The zero-order valence-electron chi connectivity index (χ0n) is 14.3. The van der Waals surface area contributed by atoms with Gasteiger partial charge in [-0.15, -0.1) is 0 Å². The van der Waals surface area contributed by atoms with Crippen molar-refractivity contribution in [3.63, 3.8) is 0 Å². The zero-order valence-corrected chi connectivity index (χ0v) is 14.3. The molecule has 0 bridgehead atoms. The molecule has 0 radical (unpaired) electrons. The lowest BCUT2D eigenvalue weighted by Crippen LogP contribution is -2.43. The first kappa shape index (κ1) is 14.9. The molecule has 0 saturated heterocycles. The van der Waals surface area contributed by atoms with Crippen LogP contribution in [0.15, 0.2) is 60.7 Å². The van der Waals surface area contributed by atoms with Crippen LogP contribution in [-0.2, 0) is 18.3 Å². The average molecular weight is 328 g/mol. The van der Waals surface area contributed by atoms with Gasteiger partial charge in [0.25, 0.3) is 0 Å². The highest BCUT2D eigenvalue weighted by atomic mass is 19.1. The number of benzene rings is 2. The fraction of sp³-hybridized carbons (Fsp3) is 0.250. The fourth-order valence-electron chi connectivity index (χ4n) is 4.87. The average Bonchev–Trinajstić information content (AvgIpc) is 2.67. The predicted molar refractivity (Wildman–Crippen MR) is 101 cm³/mol. The number of allylic oxidation sites excluding steroid dienone is 4. The standard InChI is InChI=1S/C24H21F/c25-23-11-4-3-10-22(23)24-15-6-5-9-21(24)20-13-12-17-7-1-2-8-18(17)19(20)14-16-24/h3-6,9-15H,1-2,7-8,16H2. The van der Waals surface area contributed by atoms with E-state index in [9.17, 15) is 4.39 Å². The van der Waals surface area contributed by atoms with Crippen molar-refractivity contribution in [2.24, 2.45) is 0 Å². The number of hydrogen-bond donors (Lipinski definition) is 0. The van der Waals surface area contributed by atoms with Crippen molar-refractivity contribution < 1.29 is 4.39 Å². The number of aryl methyl sites for hydroxylation is 1. The van der Waals surface area contributed by atoms with E-state index in [-0.39, 0.29) is 11.2 Å². The van der Waals surface area contributed by atoms with Gasteiger partial charge < -0.3 is 0 Å². The summed E-state index contributed by atoms with van der Waals surface area (Å²) >= 11 is 0. The van der Waals surface area contributed by atoms with Gasteiger partial charge in [-0.25, -0.2) is 4.39 Å². The third-order valence-corrected chi connectivity index (χ3v) is 6.09. The van der Waals surface area contributed by atoms with Crippen LogP contribution in [0.1, 0.15) is 36.0 Å². The summed E-state index contributed by atoms with van der Waals surface area (Å²) in [7, 11) is 0. The maximum Gasteiger partial charge on any atom is 0.127 e. The molecule has 3 aliphatic rings. The van der Waals surface area contributed by atoms with Gasteiger partial charge in [-0.1, -0.05) is 60.7 Å². The van der Waals surface area contributed by atoms with E-state index in [2.05, 4.69) is 42.5 Å². The molecule has 2 aromatic carbocycles. The molecule has 3 aliphatic carbocycles. The molecule has 0 amide bonds. The smallest absolute Gasteiger partial charge is 0.127 e. The molecule has 0 spiro atoms. The second kappa shape index (κ2) is 5.56. The quantitative estimate of drug-likeness (QED) is 0.739. The van der Waals surface area contributed by atoms with Crippen molar-refractivity contribution >= 4 is 11.6 Å². The van der Waals surface area contributed by atoms with Crippen LogP contribution in [0.2, 0.25) is 0 Å². The largest absolute Gasteiger partial charge is 0.207 e. The molecule has 0 nitrogen and oxygen atoms in total. The molecule has 0 N–H and O–H groups in total. The van der Waals surface area contributed by atoms with Gasteiger partial charge in [0.05, 0.1) is 0 Å². The van der Waals surface area contributed by atoms with Gasteiger partial charge in [-0.05, 0) is 65.3 Å². The lowest BCUT2D eigenvalue weighted by molar-refractivity contribution is 0.573. The molecule has 1 heteroatoms. The Labute approximate surface area is 147 Å². The third-order valence-electron chi connectivity index (χ3n) is 6.09. The van der Waals surface area contributed by atoms with Crippen molar-refractivity contribution in [2.45, 2.75) is 37.5 Å². The molecule has 5 rings (SSSR count). The van der Waals surface area contributed by atoms with Crippen LogP contribution in [-0.4, -0.2) is 0 Å². The van der Waals surface area contributed by atoms with Crippen LogP contribution < -0.4 is 10.4 Å². The van der Waals surface area contributed by atoms with E-state index in [1.165, 1.54) is 52.8 Å². The number of halogens is 1. The minimum absolute atomic E-state index is 0.116. The summed E-state index contributed by atoms with van der Waals surface area (Å²) in [5, 5.41) is 2.69. The number of hydrogen-bond acceptors (Lipinski definition) is 0. The van der Waals surface area contributed by atoms with Crippen LogP contribution in [0.5, 0.6) is 0 Å². The van der Waals surface area contributed by atoms with E-state index >= 15 is 0 Å². The SMILES string of the molecule is Fc1ccccc1C12C=CC=CC1=c1ccc3c(c1=CC2)CCCC3. The zero-order chi connectivity index (χ0) is 16.9. The minimum Gasteiger partial charge on any atom is -0.207 e. The lowest BCUT2D eigenvalue weighted by atomic mass is 9.66. The van der Waals surface area contributed by atoms with E-state index in [0.29, 0.717) is 0 Å². The third kappa shape index (κ3) is 2.12. The predicted octanol–water partition coefficient (Wildman–Crippen LogP) is 4.10. The van der Waals surface area contributed by atoms with Crippen molar-refractivity contribution in [3.8, 4) is 0 Å². The van der Waals surface area contributed by atoms with Gasteiger partial charge in [0.2, 0.25) is 0 Å². The molecular weight excluding hydrogens is 307 g/mol. The monoisotopic (exact) mass is 328 g/mol. The van der Waals surface area contributed by atoms with Gasteiger partial charge in [-0.2, -0.15) is 0 Å². The minimum atomic E-state index is -0.379. The highest BCUT2D eigenvalue weighted by molar-refractivity contribution is 5.78. The summed E-state index contributed by atoms with van der Waals surface area (Å²) in [4.78, 5) is 0. The van der Waals surface area contributed by atoms with Crippen LogP contribution in [0, 0.1) is 5.82 Å². The second-order valence-electron chi connectivity index (χ2n) is 7.36. The highest BCUT2D eigenvalue weighted by Gasteiger charge is 2.37. The van der Waals surface area contributed by atoms with Crippen molar-refractivity contribution in [3.05, 3.63) is 93.6 Å². The first-order valence-electron chi connectivity index (χ1n) is 9.26. The Hall–Kier alpha value is -2.41. The highest BCUT2D eigenvalue weighted by Crippen LogP contribution is 2.43. The van der Waals surface area contributed by atoms with Crippen LogP contribution >= 0.6 is 0 Å². The summed E-state index contributed by atoms with van der Waals surface area (Å²) in [5.41, 5.74) is 4.68. The summed E-state index contributed by atoms with van der Waals surface area (Å²) in [6, 6.07) is 11.8. The lowest BCUT2D eigenvalue weighted by Gasteiger charge is -2.36. The van der Waals surface area contributed by atoms with Gasteiger partial charge in [0.1, 0.15) is 5.82 Å². The molecular formula is C24H21F. The maximum absolute atomic E-state index is 14.7. The molecule has 0 aromatic heterocycles. The molecule has 0 saturated carbocycles. The Balaban J connectivity index is 1.85. The van der Waals surface area contributed by atoms with E-state index in [1.54, 1.807) is 12.1 Å². The van der Waals surface area contributed by atoms with Crippen molar-refractivity contribution in [1.29, 1.82) is 0 Å². The van der Waals surface area contributed by atoms with Gasteiger partial charge >= 0.3 is 0 Å². The van der Waals surface area contributed by atoms with E-state index < -0.39 is 0 Å². The Morgan fingerprint density at radius 3 is 2.72 bits per heavy atom. The van der Waals surface area contributed by atoms with Crippen molar-refractivity contribution in [1.82, 2.24) is 0 Å². The normalized spacial score (nSPS) is 23.5. The van der Waals surface area contributed by atoms with Gasteiger partial charge in [0, 0.05) is 11.0 Å². The Bertz CT molecular complexity index is 1040. The number of rotatable bonds is 1. The summed E-state index contributed by atoms with van der Waals surface area (Å²) in [6.45, 7) is 0. The summed E-state index contributed by atoms with van der Waals surface area (Å²) in [6.07, 6.45) is 16.6. The molecule has 0 aliphatic heterocycles. The summed E-state index contributed by atoms with van der Waals surface area (Å²) < 4.78 is 14.7. The van der Waals surface area contributed by atoms with E-state index in [4.69, 9.17) is 0 Å².